The molecule has 0 spiro atoms. The van der Waals surface area contributed by atoms with Crippen LogP contribution >= 0.6 is 0 Å². The minimum absolute atomic E-state index is 0.387. The van der Waals surface area contributed by atoms with Crippen LogP contribution in [0.2, 0.25) is 0 Å². The third-order valence-corrected chi connectivity index (χ3v) is 2.69. The third kappa shape index (κ3) is 8.84. The number of aliphatic carboxylic acids is 1. The molecular weight excluding hydrogens is 232 g/mol. The molecule has 3 N–H and O–H groups in total. The first kappa shape index (κ1) is 16.7. The van der Waals surface area contributed by atoms with Crippen molar-refractivity contribution >= 4 is 12.0 Å². The van der Waals surface area contributed by atoms with Gasteiger partial charge >= 0.3 is 12.0 Å². The first-order valence-electron chi connectivity index (χ1n) is 6.74. The van der Waals surface area contributed by atoms with Crippen molar-refractivity contribution in [1.29, 1.82) is 0 Å². The van der Waals surface area contributed by atoms with Gasteiger partial charge in [0, 0.05) is 6.54 Å². The van der Waals surface area contributed by atoms with Crippen LogP contribution in [-0.2, 0) is 4.79 Å². The summed E-state index contributed by atoms with van der Waals surface area (Å²) in [6.07, 6.45) is 4.16. The minimum Gasteiger partial charge on any atom is -0.480 e. The number of rotatable bonds is 9. The topological polar surface area (TPSA) is 78.4 Å². The summed E-state index contributed by atoms with van der Waals surface area (Å²) in [5, 5.41) is 14.1. The smallest absolute Gasteiger partial charge is 0.326 e. The van der Waals surface area contributed by atoms with Gasteiger partial charge in [-0.2, -0.15) is 0 Å². The lowest BCUT2D eigenvalue weighted by atomic mass is 10.1. The first-order chi connectivity index (χ1) is 8.47. The van der Waals surface area contributed by atoms with Crippen LogP contribution in [0.25, 0.3) is 0 Å². The van der Waals surface area contributed by atoms with E-state index in [4.69, 9.17) is 5.11 Å². The van der Waals surface area contributed by atoms with E-state index in [-0.39, 0.29) is 6.03 Å². The molecule has 0 aromatic heterocycles. The van der Waals surface area contributed by atoms with Crippen molar-refractivity contribution < 1.29 is 14.7 Å². The van der Waals surface area contributed by atoms with Crippen molar-refractivity contribution in [2.75, 3.05) is 6.54 Å². The summed E-state index contributed by atoms with van der Waals surface area (Å²) in [6, 6.07) is -1.17. The fourth-order valence-electron chi connectivity index (χ4n) is 1.59. The van der Waals surface area contributed by atoms with Gasteiger partial charge in [-0.1, -0.05) is 33.6 Å². The predicted molar refractivity (Wildman–Crippen MR) is 71.6 cm³/mol. The van der Waals surface area contributed by atoms with Crippen LogP contribution in [-0.4, -0.2) is 29.7 Å². The summed E-state index contributed by atoms with van der Waals surface area (Å²) in [6.45, 7) is 6.84. The average Bonchev–Trinajstić information content (AvgIpc) is 2.29. The van der Waals surface area contributed by atoms with Crippen molar-refractivity contribution in [3.05, 3.63) is 0 Å². The third-order valence-electron chi connectivity index (χ3n) is 2.69. The summed E-state index contributed by atoms with van der Waals surface area (Å²) in [4.78, 5) is 22.4. The molecule has 0 aliphatic heterocycles. The fraction of sp³-hybridized carbons (Fsp3) is 0.846. The average molecular weight is 258 g/mol. The maximum Gasteiger partial charge on any atom is 0.326 e. The highest BCUT2D eigenvalue weighted by Crippen LogP contribution is 2.02. The number of carboxylic acids is 1. The Hall–Kier alpha value is -1.26. The fourth-order valence-corrected chi connectivity index (χ4v) is 1.59. The molecule has 0 heterocycles. The molecule has 0 rings (SSSR count). The Bertz CT molecular complexity index is 255. The van der Waals surface area contributed by atoms with Gasteiger partial charge in [-0.05, 0) is 25.2 Å². The predicted octanol–water partition coefficient (Wildman–Crippen LogP) is 2.37. The summed E-state index contributed by atoms with van der Waals surface area (Å²) < 4.78 is 0. The van der Waals surface area contributed by atoms with E-state index in [0.717, 1.165) is 25.7 Å². The zero-order chi connectivity index (χ0) is 14.0. The normalized spacial score (nSPS) is 12.2. The molecule has 0 radical (unpaired) electrons. The number of hydrogen-bond donors (Lipinski definition) is 3. The van der Waals surface area contributed by atoms with Gasteiger partial charge in [-0.15, -0.1) is 0 Å². The van der Waals surface area contributed by atoms with E-state index in [2.05, 4.69) is 24.5 Å². The zero-order valence-corrected chi connectivity index (χ0v) is 11.7. The molecule has 5 nitrogen and oxygen atoms in total. The Labute approximate surface area is 109 Å². The number of carboxylic acid groups (broad SMARTS) is 1. The number of unbranched alkanes of at least 4 members (excludes halogenated alkanes) is 1. The molecule has 2 amide bonds. The van der Waals surface area contributed by atoms with Gasteiger partial charge < -0.3 is 15.7 Å². The molecule has 0 aliphatic carbocycles. The molecule has 0 aromatic carbocycles. The Kier molecular flexibility index (Phi) is 9.06. The number of carbonyl (C=O) groups is 2. The molecule has 0 saturated heterocycles. The molecule has 0 aromatic rings. The number of urea groups is 1. The second-order valence-corrected chi connectivity index (χ2v) is 4.97. The van der Waals surface area contributed by atoms with Gasteiger partial charge in [-0.3, -0.25) is 0 Å². The molecule has 0 fully saturated rings. The number of nitrogens with one attached hydrogen (secondary N) is 2. The van der Waals surface area contributed by atoms with Gasteiger partial charge in [0.15, 0.2) is 0 Å². The van der Waals surface area contributed by atoms with E-state index in [0.29, 0.717) is 18.9 Å². The highest BCUT2D eigenvalue weighted by atomic mass is 16.4. The SMILES string of the molecule is CCCCC(NC(=O)NCCCC(C)C)C(=O)O. The Morgan fingerprint density at radius 2 is 1.83 bits per heavy atom. The standard InChI is InChI=1S/C13H26N2O3/c1-4-5-8-11(12(16)17)15-13(18)14-9-6-7-10(2)3/h10-11H,4-9H2,1-3H3,(H,16,17)(H2,14,15,18). The zero-order valence-electron chi connectivity index (χ0n) is 11.7. The summed E-state index contributed by atoms with van der Waals surface area (Å²) in [5.41, 5.74) is 0. The number of hydrogen-bond acceptors (Lipinski definition) is 2. The van der Waals surface area contributed by atoms with E-state index in [1.165, 1.54) is 0 Å². The van der Waals surface area contributed by atoms with Crippen molar-refractivity contribution in [2.24, 2.45) is 5.92 Å². The van der Waals surface area contributed by atoms with Crippen LogP contribution in [0.3, 0.4) is 0 Å². The van der Waals surface area contributed by atoms with Crippen LogP contribution in [0, 0.1) is 5.92 Å². The van der Waals surface area contributed by atoms with Gasteiger partial charge in [0.1, 0.15) is 6.04 Å². The molecule has 5 heteroatoms. The lowest BCUT2D eigenvalue weighted by Crippen LogP contribution is -2.46. The van der Waals surface area contributed by atoms with Crippen LogP contribution in [0.1, 0.15) is 52.9 Å². The molecule has 1 atom stereocenters. The molecular formula is C13H26N2O3. The van der Waals surface area contributed by atoms with E-state index >= 15 is 0 Å². The molecule has 106 valence electrons. The Morgan fingerprint density at radius 3 is 2.33 bits per heavy atom. The van der Waals surface area contributed by atoms with Crippen LogP contribution in [0.4, 0.5) is 4.79 Å². The molecule has 1 unspecified atom stereocenters. The first-order valence-corrected chi connectivity index (χ1v) is 6.74. The highest BCUT2D eigenvalue weighted by Gasteiger charge is 2.18. The monoisotopic (exact) mass is 258 g/mol. The Morgan fingerprint density at radius 1 is 1.17 bits per heavy atom. The summed E-state index contributed by atoms with van der Waals surface area (Å²) in [5.74, 6) is -0.355. The molecule has 18 heavy (non-hydrogen) atoms. The van der Waals surface area contributed by atoms with Gasteiger partial charge in [0.25, 0.3) is 0 Å². The van der Waals surface area contributed by atoms with E-state index in [9.17, 15) is 9.59 Å². The van der Waals surface area contributed by atoms with Crippen LogP contribution in [0.15, 0.2) is 0 Å². The van der Waals surface area contributed by atoms with Gasteiger partial charge in [0.2, 0.25) is 0 Å². The summed E-state index contributed by atoms with van der Waals surface area (Å²) >= 11 is 0. The van der Waals surface area contributed by atoms with Crippen molar-refractivity contribution in [2.45, 2.75) is 58.9 Å². The molecule has 0 saturated carbocycles. The second kappa shape index (κ2) is 9.74. The van der Waals surface area contributed by atoms with E-state index in [1.807, 2.05) is 6.92 Å². The van der Waals surface area contributed by atoms with E-state index < -0.39 is 12.0 Å². The largest absolute Gasteiger partial charge is 0.480 e. The van der Waals surface area contributed by atoms with Crippen molar-refractivity contribution in [1.82, 2.24) is 10.6 Å². The number of amides is 2. The highest BCUT2D eigenvalue weighted by molar-refractivity contribution is 5.82. The maximum absolute atomic E-state index is 11.5. The van der Waals surface area contributed by atoms with Crippen molar-refractivity contribution in [3.8, 4) is 0 Å². The Balaban J connectivity index is 3.84. The molecule has 0 bridgehead atoms. The van der Waals surface area contributed by atoms with Crippen molar-refractivity contribution in [3.63, 3.8) is 0 Å². The molecule has 0 aliphatic rings. The van der Waals surface area contributed by atoms with Gasteiger partial charge in [0.05, 0.1) is 0 Å². The van der Waals surface area contributed by atoms with Gasteiger partial charge in [-0.25, -0.2) is 9.59 Å². The van der Waals surface area contributed by atoms with E-state index in [1.54, 1.807) is 0 Å². The lowest BCUT2D eigenvalue weighted by Gasteiger charge is -2.15. The van der Waals surface area contributed by atoms with Crippen LogP contribution in [0.5, 0.6) is 0 Å². The number of carbonyl (C=O) groups excluding carboxylic acids is 1. The minimum atomic E-state index is -0.971. The second-order valence-electron chi connectivity index (χ2n) is 4.97. The van der Waals surface area contributed by atoms with Crippen LogP contribution < -0.4 is 10.6 Å². The maximum atomic E-state index is 11.5. The lowest BCUT2D eigenvalue weighted by molar-refractivity contribution is -0.139. The quantitative estimate of drug-likeness (QED) is 0.555. The summed E-state index contributed by atoms with van der Waals surface area (Å²) in [7, 11) is 0.